The highest BCUT2D eigenvalue weighted by Gasteiger charge is 2.33. The van der Waals surface area contributed by atoms with Gasteiger partial charge in [-0.25, -0.2) is 5.06 Å². The average Bonchev–Trinajstić information content (AvgIpc) is 2.61. The van der Waals surface area contributed by atoms with E-state index in [1.165, 1.54) is 50.5 Å². The number of nitrogens with zero attached hydrogens (tertiary/aromatic N) is 1. The van der Waals surface area contributed by atoms with Crippen molar-refractivity contribution in [1.29, 1.82) is 0 Å². The van der Waals surface area contributed by atoms with Crippen molar-refractivity contribution in [2.75, 3.05) is 0 Å². The molecule has 0 aromatic heterocycles. The number of rotatable bonds is 10. The Labute approximate surface area is 147 Å². The Morgan fingerprint density at radius 1 is 1.00 bits per heavy atom. The number of benzene rings is 1. The zero-order valence-electron chi connectivity index (χ0n) is 15.1. The largest absolute Gasteiger partial charge is 0.286 e. The summed E-state index contributed by atoms with van der Waals surface area (Å²) < 4.78 is 0. The molecular weight excluding hydrogens is 298 g/mol. The smallest absolute Gasteiger partial charge is 0.246 e. The van der Waals surface area contributed by atoms with Crippen LogP contribution < -0.4 is 0 Å². The van der Waals surface area contributed by atoms with Crippen LogP contribution >= 0.6 is 0 Å². The maximum Gasteiger partial charge on any atom is 0.246 e. The molecule has 3 nitrogen and oxygen atoms in total. The molecule has 1 amide bonds. The lowest BCUT2D eigenvalue weighted by Gasteiger charge is -2.35. The lowest BCUT2D eigenvalue weighted by Crippen LogP contribution is -2.43. The van der Waals surface area contributed by atoms with Gasteiger partial charge in [0.05, 0.1) is 6.04 Å². The van der Waals surface area contributed by atoms with Crippen LogP contribution in [0.1, 0.15) is 89.0 Å². The maximum atomic E-state index is 12.1. The van der Waals surface area contributed by atoms with E-state index >= 15 is 0 Å². The van der Waals surface area contributed by atoms with E-state index in [4.69, 9.17) is 0 Å². The molecule has 2 atom stereocenters. The van der Waals surface area contributed by atoms with Gasteiger partial charge in [0.1, 0.15) is 0 Å². The van der Waals surface area contributed by atoms with Crippen molar-refractivity contribution < 1.29 is 10.0 Å². The summed E-state index contributed by atoms with van der Waals surface area (Å²) in [4.78, 5) is 12.1. The molecule has 2 rings (SSSR count). The van der Waals surface area contributed by atoms with E-state index in [0.29, 0.717) is 6.42 Å². The molecule has 1 aliphatic rings. The second kappa shape index (κ2) is 10.5. The summed E-state index contributed by atoms with van der Waals surface area (Å²) in [6, 6.07) is 10.2. The maximum absolute atomic E-state index is 12.1. The van der Waals surface area contributed by atoms with Crippen molar-refractivity contribution in [3.05, 3.63) is 35.9 Å². The van der Waals surface area contributed by atoms with Gasteiger partial charge in [-0.05, 0) is 24.3 Å². The minimum Gasteiger partial charge on any atom is -0.286 e. The molecule has 1 aromatic rings. The first-order valence-electron chi connectivity index (χ1n) is 9.78. The van der Waals surface area contributed by atoms with Gasteiger partial charge in [0, 0.05) is 6.42 Å². The van der Waals surface area contributed by atoms with Crippen LogP contribution in [0.5, 0.6) is 0 Å². The Morgan fingerprint density at radius 3 is 2.29 bits per heavy atom. The first-order chi connectivity index (χ1) is 11.7. The van der Waals surface area contributed by atoms with E-state index in [9.17, 15) is 10.0 Å². The van der Waals surface area contributed by atoms with Crippen LogP contribution in [-0.2, 0) is 4.79 Å². The van der Waals surface area contributed by atoms with Crippen LogP contribution in [0.15, 0.2) is 30.3 Å². The Morgan fingerprint density at radius 2 is 1.62 bits per heavy atom. The molecule has 1 fully saturated rings. The van der Waals surface area contributed by atoms with Gasteiger partial charge in [0.25, 0.3) is 0 Å². The predicted molar refractivity (Wildman–Crippen MR) is 98.1 cm³/mol. The molecule has 1 aromatic carbocycles. The zero-order valence-corrected chi connectivity index (χ0v) is 15.1. The Bertz CT molecular complexity index is 474. The summed E-state index contributed by atoms with van der Waals surface area (Å²) in [7, 11) is 0. The third kappa shape index (κ3) is 5.94. The predicted octanol–water partition coefficient (Wildman–Crippen LogP) is 5.68. The average molecular weight is 332 g/mol. The van der Waals surface area contributed by atoms with Crippen molar-refractivity contribution in [2.45, 2.75) is 89.5 Å². The third-order valence-corrected chi connectivity index (χ3v) is 5.24. The highest BCUT2D eigenvalue weighted by Crippen LogP contribution is 2.33. The normalized spacial score (nSPS) is 21.2. The van der Waals surface area contributed by atoms with Gasteiger partial charge in [-0.1, -0.05) is 88.6 Å². The van der Waals surface area contributed by atoms with Crippen LogP contribution in [0.2, 0.25) is 0 Å². The summed E-state index contributed by atoms with van der Waals surface area (Å²) >= 11 is 0. The molecule has 24 heavy (non-hydrogen) atoms. The highest BCUT2D eigenvalue weighted by atomic mass is 16.5. The SMILES string of the molecule is CCCCCCCCCCC1CC(c2ccccc2)CC(=O)N1O. The van der Waals surface area contributed by atoms with Crippen LogP contribution in [0.25, 0.3) is 0 Å². The number of unbranched alkanes of at least 4 members (excludes halogenated alkanes) is 7. The molecule has 0 aliphatic carbocycles. The Hall–Kier alpha value is -1.35. The van der Waals surface area contributed by atoms with Crippen molar-refractivity contribution in [2.24, 2.45) is 0 Å². The molecule has 0 saturated carbocycles. The molecule has 1 aliphatic heterocycles. The van der Waals surface area contributed by atoms with Gasteiger partial charge < -0.3 is 0 Å². The summed E-state index contributed by atoms with van der Waals surface area (Å²) in [5.41, 5.74) is 1.22. The van der Waals surface area contributed by atoms with Crippen molar-refractivity contribution in [3.8, 4) is 0 Å². The molecule has 2 unspecified atom stereocenters. The third-order valence-electron chi connectivity index (χ3n) is 5.24. The zero-order chi connectivity index (χ0) is 17.2. The molecule has 1 N–H and O–H groups in total. The number of carbonyl (C=O) groups excluding carboxylic acids is 1. The number of amides is 1. The first kappa shape index (κ1) is 19.0. The minimum atomic E-state index is -0.125. The van der Waals surface area contributed by atoms with Gasteiger partial charge in [-0.3, -0.25) is 10.0 Å². The van der Waals surface area contributed by atoms with Crippen LogP contribution in [0.4, 0.5) is 0 Å². The van der Waals surface area contributed by atoms with E-state index in [-0.39, 0.29) is 17.9 Å². The van der Waals surface area contributed by atoms with Gasteiger partial charge in [-0.15, -0.1) is 0 Å². The Kier molecular flexibility index (Phi) is 8.31. The second-order valence-electron chi connectivity index (χ2n) is 7.20. The van der Waals surface area contributed by atoms with Crippen molar-refractivity contribution >= 4 is 5.91 Å². The van der Waals surface area contributed by atoms with Crippen molar-refractivity contribution in [3.63, 3.8) is 0 Å². The summed E-state index contributed by atoms with van der Waals surface area (Å²) in [5, 5.41) is 11.1. The van der Waals surface area contributed by atoms with Crippen LogP contribution in [0.3, 0.4) is 0 Å². The van der Waals surface area contributed by atoms with E-state index in [1.54, 1.807) is 0 Å². The fraction of sp³-hybridized carbons (Fsp3) is 0.667. The first-order valence-corrected chi connectivity index (χ1v) is 9.78. The van der Waals surface area contributed by atoms with E-state index in [0.717, 1.165) is 24.3 Å². The number of hydrogen-bond donors (Lipinski definition) is 1. The monoisotopic (exact) mass is 331 g/mol. The second-order valence-corrected chi connectivity index (χ2v) is 7.20. The molecule has 1 heterocycles. The number of piperidine rings is 1. The fourth-order valence-corrected chi connectivity index (χ4v) is 3.75. The molecule has 0 radical (unpaired) electrons. The summed E-state index contributed by atoms with van der Waals surface area (Å²) in [6.07, 6.45) is 12.5. The number of hydroxylamine groups is 2. The Balaban J connectivity index is 1.71. The molecular formula is C21H33NO2. The van der Waals surface area contributed by atoms with Crippen LogP contribution in [0, 0.1) is 0 Å². The number of carbonyl (C=O) groups is 1. The van der Waals surface area contributed by atoms with Gasteiger partial charge in [0.2, 0.25) is 5.91 Å². The fourth-order valence-electron chi connectivity index (χ4n) is 3.75. The van der Waals surface area contributed by atoms with E-state index in [2.05, 4.69) is 19.1 Å². The lowest BCUT2D eigenvalue weighted by atomic mass is 9.84. The molecule has 3 heteroatoms. The van der Waals surface area contributed by atoms with E-state index < -0.39 is 0 Å². The molecule has 0 spiro atoms. The van der Waals surface area contributed by atoms with Crippen molar-refractivity contribution in [1.82, 2.24) is 5.06 Å². The molecule has 0 bridgehead atoms. The lowest BCUT2D eigenvalue weighted by molar-refractivity contribution is -0.184. The number of hydrogen-bond acceptors (Lipinski definition) is 2. The van der Waals surface area contributed by atoms with Gasteiger partial charge in [-0.2, -0.15) is 0 Å². The van der Waals surface area contributed by atoms with Gasteiger partial charge in [0.15, 0.2) is 0 Å². The standard InChI is InChI=1S/C21H33NO2/c1-2-3-4-5-6-7-8-12-15-20-16-19(17-21(23)22(20)24)18-13-10-9-11-14-18/h9-11,13-14,19-20,24H,2-8,12,15-17H2,1H3. The summed E-state index contributed by atoms with van der Waals surface area (Å²) in [6.45, 7) is 2.24. The topological polar surface area (TPSA) is 40.5 Å². The quantitative estimate of drug-likeness (QED) is 0.442. The highest BCUT2D eigenvalue weighted by molar-refractivity contribution is 5.77. The van der Waals surface area contributed by atoms with Crippen LogP contribution in [-0.4, -0.2) is 22.2 Å². The molecule has 134 valence electrons. The summed E-state index contributed by atoms with van der Waals surface area (Å²) in [5.74, 6) is 0.126. The van der Waals surface area contributed by atoms with E-state index in [1.807, 2.05) is 18.2 Å². The molecule has 1 saturated heterocycles. The van der Waals surface area contributed by atoms with Gasteiger partial charge >= 0.3 is 0 Å². The minimum absolute atomic E-state index is 0.0171.